The highest BCUT2D eigenvalue weighted by Crippen LogP contribution is 2.31. The number of hydrogen-bond acceptors (Lipinski definition) is 4. The molecule has 0 aromatic carbocycles. The number of rotatable bonds is 3. The lowest BCUT2D eigenvalue weighted by atomic mass is 10.0. The second-order valence-electron chi connectivity index (χ2n) is 4.36. The van der Waals surface area contributed by atoms with Crippen molar-refractivity contribution in [2.45, 2.75) is 26.2 Å². The summed E-state index contributed by atoms with van der Waals surface area (Å²) in [5.41, 5.74) is 0. The SMILES string of the molecule is Cc1cc(NC(=O)[C@H]2CC[C@H](C(=O)O)C2)no1. The van der Waals surface area contributed by atoms with Gasteiger partial charge in [-0.05, 0) is 26.2 Å². The van der Waals surface area contributed by atoms with Crippen molar-refractivity contribution in [3.8, 4) is 0 Å². The summed E-state index contributed by atoms with van der Waals surface area (Å²) < 4.78 is 4.83. The normalized spacial score (nSPS) is 23.6. The van der Waals surface area contributed by atoms with Gasteiger partial charge in [-0.2, -0.15) is 0 Å². The van der Waals surface area contributed by atoms with E-state index in [1.807, 2.05) is 0 Å². The molecule has 2 rings (SSSR count). The van der Waals surface area contributed by atoms with Crippen molar-refractivity contribution in [1.82, 2.24) is 5.16 Å². The number of carboxylic acids is 1. The van der Waals surface area contributed by atoms with Crippen molar-refractivity contribution in [3.05, 3.63) is 11.8 Å². The van der Waals surface area contributed by atoms with Crippen LogP contribution >= 0.6 is 0 Å². The van der Waals surface area contributed by atoms with Crippen LogP contribution in [0.25, 0.3) is 0 Å². The zero-order valence-corrected chi connectivity index (χ0v) is 9.47. The third-order valence-corrected chi connectivity index (χ3v) is 3.03. The average Bonchev–Trinajstić information content (AvgIpc) is 2.86. The number of carbonyl (C=O) groups is 2. The number of nitrogens with one attached hydrogen (secondary N) is 1. The Morgan fingerprint density at radius 1 is 1.47 bits per heavy atom. The van der Waals surface area contributed by atoms with Crippen molar-refractivity contribution >= 4 is 17.7 Å². The van der Waals surface area contributed by atoms with Gasteiger partial charge in [-0.3, -0.25) is 9.59 Å². The van der Waals surface area contributed by atoms with Crippen molar-refractivity contribution in [1.29, 1.82) is 0 Å². The predicted octanol–water partition coefficient (Wildman–Crippen LogP) is 1.42. The van der Waals surface area contributed by atoms with Gasteiger partial charge in [0.2, 0.25) is 5.91 Å². The van der Waals surface area contributed by atoms with E-state index >= 15 is 0 Å². The van der Waals surface area contributed by atoms with Crippen molar-refractivity contribution in [3.63, 3.8) is 0 Å². The summed E-state index contributed by atoms with van der Waals surface area (Å²) in [6.45, 7) is 1.73. The maximum atomic E-state index is 11.8. The molecule has 0 bridgehead atoms. The molecule has 0 spiro atoms. The van der Waals surface area contributed by atoms with Gasteiger partial charge < -0.3 is 14.9 Å². The van der Waals surface area contributed by atoms with Gasteiger partial charge in [0, 0.05) is 12.0 Å². The predicted molar refractivity (Wildman–Crippen MR) is 58.3 cm³/mol. The first-order valence-corrected chi connectivity index (χ1v) is 5.53. The maximum absolute atomic E-state index is 11.8. The Labute approximate surface area is 98.0 Å². The van der Waals surface area contributed by atoms with Gasteiger partial charge in [0.1, 0.15) is 5.76 Å². The van der Waals surface area contributed by atoms with Crippen molar-refractivity contribution < 1.29 is 19.2 Å². The molecule has 6 heteroatoms. The zero-order valence-electron chi connectivity index (χ0n) is 9.47. The molecular weight excluding hydrogens is 224 g/mol. The quantitative estimate of drug-likeness (QED) is 0.830. The summed E-state index contributed by atoms with van der Waals surface area (Å²) in [7, 11) is 0. The molecule has 0 unspecified atom stereocenters. The second-order valence-corrected chi connectivity index (χ2v) is 4.36. The van der Waals surface area contributed by atoms with E-state index in [2.05, 4.69) is 10.5 Å². The lowest BCUT2D eigenvalue weighted by Gasteiger charge is -2.08. The largest absolute Gasteiger partial charge is 0.481 e. The van der Waals surface area contributed by atoms with E-state index in [0.29, 0.717) is 30.8 Å². The summed E-state index contributed by atoms with van der Waals surface area (Å²) in [4.78, 5) is 22.6. The fourth-order valence-electron chi connectivity index (χ4n) is 2.10. The number of amides is 1. The molecule has 2 N–H and O–H groups in total. The second kappa shape index (κ2) is 4.57. The molecule has 1 amide bonds. The summed E-state index contributed by atoms with van der Waals surface area (Å²) >= 11 is 0. The summed E-state index contributed by atoms with van der Waals surface area (Å²) in [5, 5.41) is 15.1. The molecule has 92 valence electrons. The Hall–Kier alpha value is -1.85. The lowest BCUT2D eigenvalue weighted by Crippen LogP contribution is -2.21. The Morgan fingerprint density at radius 3 is 2.71 bits per heavy atom. The minimum Gasteiger partial charge on any atom is -0.481 e. The van der Waals surface area contributed by atoms with Gasteiger partial charge in [0.15, 0.2) is 5.82 Å². The van der Waals surface area contributed by atoms with Crippen LogP contribution in [0.2, 0.25) is 0 Å². The standard InChI is InChI=1S/C11H14N2O4/c1-6-4-9(13-17-6)12-10(14)7-2-3-8(5-7)11(15)16/h4,7-8H,2-3,5H2,1H3,(H,15,16)(H,12,13,14)/t7-,8-/m0/s1. The molecule has 1 saturated carbocycles. The van der Waals surface area contributed by atoms with Crippen LogP contribution in [0.4, 0.5) is 5.82 Å². The van der Waals surface area contributed by atoms with Gasteiger partial charge in [-0.25, -0.2) is 0 Å². The Bertz CT molecular complexity index is 440. The fraction of sp³-hybridized carbons (Fsp3) is 0.545. The number of nitrogens with zero attached hydrogens (tertiary/aromatic N) is 1. The van der Waals surface area contributed by atoms with Crippen LogP contribution < -0.4 is 5.32 Å². The molecular formula is C11H14N2O4. The number of hydrogen-bond donors (Lipinski definition) is 2. The number of aryl methyl sites for hydroxylation is 1. The highest BCUT2D eigenvalue weighted by molar-refractivity contribution is 5.92. The highest BCUT2D eigenvalue weighted by Gasteiger charge is 2.34. The first kappa shape index (κ1) is 11.6. The fourth-order valence-corrected chi connectivity index (χ4v) is 2.10. The van der Waals surface area contributed by atoms with E-state index < -0.39 is 11.9 Å². The van der Waals surface area contributed by atoms with Crippen molar-refractivity contribution in [2.75, 3.05) is 5.32 Å². The van der Waals surface area contributed by atoms with Crippen LogP contribution in [0.3, 0.4) is 0 Å². The number of aromatic nitrogens is 1. The van der Waals surface area contributed by atoms with E-state index in [1.165, 1.54) is 0 Å². The van der Waals surface area contributed by atoms with Gasteiger partial charge in [0.05, 0.1) is 5.92 Å². The molecule has 1 aliphatic rings. The minimum absolute atomic E-state index is 0.179. The Morgan fingerprint density at radius 2 is 2.18 bits per heavy atom. The molecule has 1 aromatic rings. The Balaban J connectivity index is 1.91. The van der Waals surface area contributed by atoms with Crippen LogP contribution in [0.1, 0.15) is 25.0 Å². The average molecular weight is 238 g/mol. The number of carboxylic acid groups (broad SMARTS) is 1. The third-order valence-electron chi connectivity index (χ3n) is 3.03. The third kappa shape index (κ3) is 2.64. The highest BCUT2D eigenvalue weighted by atomic mass is 16.5. The van der Waals surface area contributed by atoms with E-state index in [-0.39, 0.29) is 11.8 Å². The molecule has 1 aromatic heterocycles. The summed E-state index contributed by atoms with van der Waals surface area (Å²) in [6, 6.07) is 1.63. The van der Waals surface area contributed by atoms with Gasteiger partial charge >= 0.3 is 5.97 Å². The van der Waals surface area contributed by atoms with Crippen LogP contribution in [0.15, 0.2) is 10.6 Å². The molecule has 1 heterocycles. The first-order valence-electron chi connectivity index (χ1n) is 5.53. The zero-order chi connectivity index (χ0) is 12.4. The molecule has 1 aliphatic carbocycles. The van der Waals surface area contributed by atoms with E-state index in [4.69, 9.17) is 9.63 Å². The van der Waals surface area contributed by atoms with Crippen LogP contribution in [-0.2, 0) is 9.59 Å². The monoisotopic (exact) mass is 238 g/mol. The van der Waals surface area contributed by atoms with Crippen molar-refractivity contribution in [2.24, 2.45) is 11.8 Å². The van der Waals surface area contributed by atoms with E-state index in [0.717, 1.165) is 0 Å². The Kier molecular flexibility index (Phi) is 3.12. The van der Waals surface area contributed by atoms with Gasteiger partial charge in [-0.1, -0.05) is 5.16 Å². The molecule has 0 radical (unpaired) electrons. The van der Waals surface area contributed by atoms with Crippen LogP contribution in [0.5, 0.6) is 0 Å². The minimum atomic E-state index is -0.822. The van der Waals surface area contributed by atoms with Crippen LogP contribution in [0, 0.1) is 18.8 Å². The lowest BCUT2D eigenvalue weighted by molar-refractivity contribution is -0.141. The summed E-state index contributed by atoms with van der Waals surface area (Å²) in [5.74, 6) is -0.640. The first-order chi connectivity index (χ1) is 8.06. The van der Waals surface area contributed by atoms with Gasteiger partial charge in [0.25, 0.3) is 0 Å². The number of carbonyl (C=O) groups excluding carboxylic acids is 1. The van der Waals surface area contributed by atoms with Gasteiger partial charge in [-0.15, -0.1) is 0 Å². The molecule has 6 nitrogen and oxygen atoms in total. The number of anilines is 1. The maximum Gasteiger partial charge on any atom is 0.306 e. The number of aliphatic carboxylic acids is 1. The molecule has 0 saturated heterocycles. The smallest absolute Gasteiger partial charge is 0.306 e. The molecule has 2 atom stereocenters. The van der Waals surface area contributed by atoms with Crippen LogP contribution in [-0.4, -0.2) is 22.1 Å². The topological polar surface area (TPSA) is 92.4 Å². The van der Waals surface area contributed by atoms with E-state index in [1.54, 1.807) is 13.0 Å². The van der Waals surface area contributed by atoms with E-state index in [9.17, 15) is 9.59 Å². The molecule has 0 aliphatic heterocycles. The molecule has 1 fully saturated rings. The summed E-state index contributed by atoms with van der Waals surface area (Å²) in [6.07, 6.45) is 1.57. The molecule has 17 heavy (non-hydrogen) atoms.